The highest BCUT2D eigenvalue weighted by atomic mass is 32.1. The van der Waals surface area contributed by atoms with Crippen molar-refractivity contribution in [3.63, 3.8) is 0 Å². The zero-order valence-electron chi connectivity index (χ0n) is 9.28. The Balaban J connectivity index is 1.84. The van der Waals surface area contributed by atoms with E-state index in [9.17, 15) is 0 Å². The Morgan fingerprint density at radius 2 is 1.76 bits per heavy atom. The zero-order chi connectivity index (χ0) is 11.5. The maximum Gasteiger partial charge on any atom is 0.123 e. The second-order valence-electron chi connectivity index (χ2n) is 3.87. The number of nitrogens with zero attached hydrogens (tertiary/aromatic N) is 2. The lowest BCUT2D eigenvalue weighted by Crippen LogP contribution is -1.95. The lowest BCUT2D eigenvalue weighted by molar-refractivity contribution is 0.787. The van der Waals surface area contributed by atoms with E-state index in [0.29, 0.717) is 0 Å². The molecule has 2 nitrogen and oxygen atoms in total. The molecule has 0 fully saturated rings. The van der Waals surface area contributed by atoms with Crippen molar-refractivity contribution in [2.75, 3.05) is 0 Å². The van der Waals surface area contributed by atoms with Gasteiger partial charge in [-0.2, -0.15) is 0 Å². The lowest BCUT2D eigenvalue weighted by atomic mass is 10.2. The van der Waals surface area contributed by atoms with E-state index in [1.807, 2.05) is 30.3 Å². The molecule has 0 atom stereocenters. The Hall–Kier alpha value is -1.87. The minimum Gasteiger partial charge on any atom is -0.348 e. The van der Waals surface area contributed by atoms with Gasteiger partial charge in [0.15, 0.2) is 0 Å². The van der Waals surface area contributed by atoms with Crippen LogP contribution in [0.3, 0.4) is 0 Å². The Morgan fingerprint density at radius 3 is 2.53 bits per heavy atom. The number of thiazole rings is 1. The molecule has 0 amide bonds. The van der Waals surface area contributed by atoms with Crippen LogP contribution in [0.4, 0.5) is 0 Å². The highest BCUT2D eigenvalue weighted by molar-refractivity contribution is 7.13. The maximum absolute atomic E-state index is 4.65. The van der Waals surface area contributed by atoms with Gasteiger partial charge in [0.1, 0.15) is 5.01 Å². The Morgan fingerprint density at radius 1 is 1.00 bits per heavy atom. The van der Waals surface area contributed by atoms with E-state index in [-0.39, 0.29) is 0 Å². The first-order valence-corrected chi connectivity index (χ1v) is 6.40. The number of rotatable bonds is 3. The largest absolute Gasteiger partial charge is 0.348 e. The van der Waals surface area contributed by atoms with Gasteiger partial charge in [-0.05, 0) is 12.1 Å². The van der Waals surface area contributed by atoms with Crippen LogP contribution in [0.15, 0.2) is 60.2 Å². The van der Waals surface area contributed by atoms with Gasteiger partial charge in [-0.15, -0.1) is 11.3 Å². The van der Waals surface area contributed by atoms with Gasteiger partial charge >= 0.3 is 0 Å². The van der Waals surface area contributed by atoms with E-state index in [0.717, 1.165) is 17.2 Å². The first-order chi connectivity index (χ1) is 8.42. The molecule has 3 rings (SSSR count). The maximum atomic E-state index is 4.65. The monoisotopic (exact) mass is 240 g/mol. The Labute approximate surface area is 104 Å². The summed E-state index contributed by atoms with van der Waals surface area (Å²) in [4.78, 5) is 4.65. The van der Waals surface area contributed by atoms with Crippen LogP contribution in [0.1, 0.15) is 5.69 Å². The van der Waals surface area contributed by atoms with Gasteiger partial charge in [0.25, 0.3) is 0 Å². The molecule has 0 aliphatic rings. The number of hydrogen-bond donors (Lipinski definition) is 0. The van der Waals surface area contributed by atoms with Gasteiger partial charge in [0.05, 0.1) is 12.2 Å². The molecule has 3 heteroatoms. The van der Waals surface area contributed by atoms with Crippen LogP contribution >= 0.6 is 11.3 Å². The third-order valence-electron chi connectivity index (χ3n) is 2.58. The van der Waals surface area contributed by atoms with Crippen LogP contribution in [0.2, 0.25) is 0 Å². The third-order valence-corrected chi connectivity index (χ3v) is 3.52. The molecule has 0 aliphatic carbocycles. The van der Waals surface area contributed by atoms with Crippen molar-refractivity contribution < 1.29 is 0 Å². The van der Waals surface area contributed by atoms with E-state index in [1.165, 1.54) is 5.56 Å². The molecule has 2 heterocycles. The van der Waals surface area contributed by atoms with E-state index in [4.69, 9.17) is 0 Å². The average Bonchev–Trinajstić information content (AvgIpc) is 3.02. The fourth-order valence-electron chi connectivity index (χ4n) is 1.76. The number of benzene rings is 1. The molecule has 0 radical (unpaired) electrons. The van der Waals surface area contributed by atoms with E-state index in [1.54, 1.807) is 11.3 Å². The normalized spacial score (nSPS) is 10.6. The average molecular weight is 240 g/mol. The number of hydrogen-bond acceptors (Lipinski definition) is 2. The second kappa shape index (κ2) is 4.55. The summed E-state index contributed by atoms with van der Waals surface area (Å²) in [5.74, 6) is 0. The molecule has 3 aromatic rings. The predicted octanol–water partition coefficient (Wildman–Crippen LogP) is 3.66. The summed E-state index contributed by atoms with van der Waals surface area (Å²) in [6.45, 7) is 0.844. The summed E-state index contributed by atoms with van der Waals surface area (Å²) in [6, 6.07) is 14.4. The molecule has 0 bridgehead atoms. The van der Waals surface area contributed by atoms with E-state index >= 15 is 0 Å². The second-order valence-corrected chi connectivity index (χ2v) is 4.72. The molecule has 17 heavy (non-hydrogen) atoms. The van der Waals surface area contributed by atoms with Crippen molar-refractivity contribution in [1.29, 1.82) is 0 Å². The summed E-state index contributed by atoms with van der Waals surface area (Å²) in [6.07, 6.45) is 4.11. The van der Waals surface area contributed by atoms with Crippen LogP contribution in [-0.4, -0.2) is 9.55 Å². The lowest BCUT2D eigenvalue weighted by Gasteiger charge is -1.98. The predicted molar refractivity (Wildman–Crippen MR) is 71.1 cm³/mol. The van der Waals surface area contributed by atoms with Crippen molar-refractivity contribution in [2.45, 2.75) is 6.54 Å². The van der Waals surface area contributed by atoms with Gasteiger partial charge in [-0.1, -0.05) is 30.3 Å². The molecule has 0 spiro atoms. The third kappa shape index (κ3) is 2.29. The standard InChI is InChI=1S/C14H12N2S/c1-2-6-12(7-3-1)14-15-13(11-17-14)10-16-8-4-5-9-16/h1-9,11H,10H2. The van der Waals surface area contributed by atoms with Gasteiger partial charge in [0, 0.05) is 23.3 Å². The van der Waals surface area contributed by atoms with Gasteiger partial charge < -0.3 is 4.57 Å². The quantitative estimate of drug-likeness (QED) is 0.683. The molecule has 0 saturated heterocycles. The van der Waals surface area contributed by atoms with Crippen LogP contribution in [0, 0.1) is 0 Å². The minimum absolute atomic E-state index is 0.844. The SMILES string of the molecule is c1ccc(-c2nc(Cn3cccc3)cs2)cc1. The molecular formula is C14H12N2S. The minimum atomic E-state index is 0.844. The summed E-state index contributed by atoms with van der Waals surface area (Å²) < 4.78 is 2.13. The summed E-state index contributed by atoms with van der Waals surface area (Å²) >= 11 is 1.70. The summed E-state index contributed by atoms with van der Waals surface area (Å²) in [5, 5.41) is 3.22. The topological polar surface area (TPSA) is 17.8 Å². The van der Waals surface area contributed by atoms with Crippen LogP contribution in [-0.2, 0) is 6.54 Å². The van der Waals surface area contributed by atoms with Crippen molar-refractivity contribution in [1.82, 2.24) is 9.55 Å². The number of aromatic nitrogens is 2. The molecule has 84 valence electrons. The summed E-state index contributed by atoms with van der Waals surface area (Å²) in [7, 11) is 0. The molecule has 2 aromatic heterocycles. The molecule has 1 aromatic carbocycles. The van der Waals surface area contributed by atoms with Crippen LogP contribution in [0.5, 0.6) is 0 Å². The zero-order valence-corrected chi connectivity index (χ0v) is 10.1. The van der Waals surface area contributed by atoms with Crippen molar-refractivity contribution in [3.05, 3.63) is 65.9 Å². The smallest absolute Gasteiger partial charge is 0.123 e. The van der Waals surface area contributed by atoms with E-state index < -0.39 is 0 Å². The highest BCUT2D eigenvalue weighted by Crippen LogP contribution is 2.23. The van der Waals surface area contributed by atoms with Crippen molar-refractivity contribution >= 4 is 11.3 Å². The van der Waals surface area contributed by atoms with Gasteiger partial charge in [0.2, 0.25) is 0 Å². The van der Waals surface area contributed by atoms with Gasteiger partial charge in [-0.25, -0.2) is 4.98 Å². The van der Waals surface area contributed by atoms with Crippen LogP contribution < -0.4 is 0 Å². The molecule has 0 aliphatic heterocycles. The fraction of sp³-hybridized carbons (Fsp3) is 0.0714. The summed E-state index contributed by atoms with van der Waals surface area (Å²) in [5.41, 5.74) is 2.31. The van der Waals surface area contributed by atoms with Gasteiger partial charge in [-0.3, -0.25) is 0 Å². The Bertz CT molecular complexity index is 582. The highest BCUT2D eigenvalue weighted by Gasteiger charge is 2.04. The first kappa shape index (κ1) is 10.3. The van der Waals surface area contributed by atoms with Crippen LogP contribution in [0.25, 0.3) is 10.6 Å². The molecular weight excluding hydrogens is 228 g/mol. The fourth-order valence-corrected chi connectivity index (χ4v) is 2.57. The molecule has 0 N–H and O–H groups in total. The Kier molecular flexibility index (Phi) is 2.76. The first-order valence-electron chi connectivity index (χ1n) is 5.52. The molecule has 0 saturated carbocycles. The molecule has 0 unspecified atom stereocenters. The van der Waals surface area contributed by atoms with Crippen molar-refractivity contribution in [3.8, 4) is 10.6 Å². The van der Waals surface area contributed by atoms with Crippen molar-refractivity contribution in [2.24, 2.45) is 0 Å². The van der Waals surface area contributed by atoms with E-state index in [2.05, 4.69) is 39.5 Å².